The van der Waals surface area contributed by atoms with Crippen LogP contribution in [0.4, 0.5) is 0 Å². The topological polar surface area (TPSA) is 9.23 Å². The molecule has 0 amide bonds. The Labute approximate surface area is 125 Å². The maximum atomic E-state index is 6.10. The Morgan fingerprint density at radius 2 is 2.00 bits per heavy atom. The van der Waals surface area contributed by atoms with E-state index in [1.807, 2.05) is 18.2 Å². The highest BCUT2D eigenvalue weighted by Crippen LogP contribution is 2.31. The SMILES string of the molecule is CC(C)(C)C(CBr)COc1ccc(Br)cc1Cl. The van der Waals surface area contributed by atoms with E-state index in [-0.39, 0.29) is 5.41 Å². The highest BCUT2D eigenvalue weighted by Gasteiger charge is 2.24. The summed E-state index contributed by atoms with van der Waals surface area (Å²) in [4.78, 5) is 0. The van der Waals surface area contributed by atoms with Crippen molar-refractivity contribution < 1.29 is 4.74 Å². The van der Waals surface area contributed by atoms with Gasteiger partial charge in [0.05, 0.1) is 11.6 Å². The predicted octanol–water partition coefficient (Wildman–Crippen LogP) is 5.54. The van der Waals surface area contributed by atoms with Crippen LogP contribution in [0.1, 0.15) is 20.8 Å². The number of benzene rings is 1. The zero-order chi connectivity index (χ0) is 13.1. The minimum absolute atomic E-state index is 0.214. The predicted molar refractivity (Wildman–Crippen MR) is 81.4 cm³/mol. The molecule has 0 N–H and O–H groups in total. The Morgan fingerprint density at radius 3 is 2.47 bits per heavy atom. The lowest BCUT2D eigenvalue weighted by Crippen LogP contribution is -2.27. The first-order valence-corrected chi connectivity index (χ1v) is 7.77. The summed E-state index contributed by atoms with van der Waals surface area (Å²) >= 11 is 13.0. The van der Waals surface area contributed by atoms with Crippen molar-refractivity contribution in [2.75, 3.05) is 11.9 Å². The number of hydrogen-bond acceptors (Lipinski definition) is 1. The molecule has 0 spiro atoms. The van der Waals surface area contributed by atoms with E-state index in [4.69, 9.17) is 16.3 Å². The minimum Gasteiger partial charge on any atom is -0.492 e. The standard InChI is InChI=1S/C13H17Br2ClO/c1-13(2,3)9(7-14)8-17-12-5-4-10(15)6-11(12)16/h4-6,9H,7-8H2,1-3H3. The normalized spacial score (nSPS) is 13.5. The van der Waals surface area contributed by atoms with Gasteiger partial charge in [-0.1, -0.05) is 64.2 Å². The first-order valence-electron chi connectivity index (χ1n) is 5.48. The molecule has 1 aromatic carbocycles. The van der Waals surface area contributed by atoms with E-state index in [9.17, 15) is 0 Å². The van der Waals surface area contributed by atoms with Crippen molar-refractivity contribution in [2.24, 2.45) is 11.3 Å². The van der Waals surface area contributed by atoms with Crippen molar-refractivity contribution in [1.82, 2.24) is 0 Å². The van der Waals surface area contributed by atoms with Crippen molar-refractivity contribution in [1.29, 1.82) is 0 Å². The van der Waals surface area contributed by atoms with Crippen LogP contribution in [-0.2, 0) is 0 Å². The summed E-state index contributed by atoms with van der Waals surface area (Å²) in [6, 6.07) is 5.67. The molecule has 1 aromatic rings. The van der Waals surface area contributed by atoms with E-state index in [1.54, 1.807) is 0 Å². The first-order chi connectivity index (χ1) is 7.84. The molecule has 0 fully saturated rings. The van der Waals surface area contributed by atoms with Gasteiger partial charge in [0.1, 0.15) is 5.75 Å². The van der Waals surface area contributed by atoms with Crippen LogP contribution in [0, 0.1) is 11.3 Å². The van der Waals surface area contributed by atoms with Crippen molar-refractivity contribution in [2.45, 2.75) is 20.8 Å². The molecule has 17 heavy (non-hydrogen) atoms. The highest BCUT2D eigenvalue weighted by molar-refractivity contribution is 9.10. The van der Waals surface area contributed by atoms with Gasteiger partial charge < -0.3 is 4.74 Å². The quantitative estimate of drug-likeness (QED) is 0.620. The second-order valence-electron chi connectivity index (χ2n) is 5.10. The summed E-state index contributed by atoms with van der Waals surface area (Å²) in [5.41, 5.74) is 0.214. The molecule has 0 aliphatic rings. The lowest BCUT2D eigenvalue weighted by molar-refractivity contribution is 0.166. The van der Waals surface area contributed by atoms with E-state index < -0.39 is 0 Å². The molecule has 96 valence electrons. The molecular formula is C13H17Br2ClO. The van der Waals surface area contributed by atoms with E-state index >= 15 is 0 Å². The molecule has 0 aliphatic carbocycles. The molecule has 1 atom stereocenters. The second kappa shape index (κ2) is 6.44. The van der Waals surface area contributed by atoms with Gasteiger partial charge in [0.2, 0.25) is 0 Å². The van der Waals surface area contributed by atoms with Crippen LogP contribution >= 0.6 is 43.5 Å². The molecular weight excluding hydrogens is 367 g/mol. The molecule has 0 heterocycles. The Kier molecular flexibility index (Phi) is 5.81. The van der Waals surface area contributed by atoms with Crippen molar-refractivity contribution in [3.05, 3.63) is 27.7 Å². The highest BCUT2D eigenvalue weighted by atomic mass is 79.9. The maximum Gasteiger partial charge on any atom is 0.137 e. The van der Waals surface area contributed by atoms with Crippen LogP contribution in [0.2, 0.25) is 5.02 Å². The number of halogens is 3. The Bertz CT molecular complexity index is 374. The van der Waals surface area contributed by atoms with Gasteiger partial charge in [0, 0.05) is 15.7 Å². The van der Waals surface area contributed by atoms with Crippen molar-refractivity contribution in [3.8, 4) is 5.75 Å². The summed E-state index contributed by atoms with van der Waals surface area (Å²) in [5.74, 6) is 1.19. The van der Waals surface area contributed by atoms with E-state index in [1.165, 1.54) is 0 Å². The first kappa shape index (κ1) is 15.3. The molecule has 4 heteroatoms. The fourth-order valence-electron chi connectivity index (χ4n) is 1.31. The Morgan fingerprint density at radius 1 is 1.35 bits per heavy atom. The molecule has 0 saturated carbocycles. The smallest absolute Gasteiger partial charge is 0.137 e. The summed E-state index contributed by atoms with van der Waals surface area (Å²) in [5, 5.41) is 1.56. The van der Waals surface area contributed by atoms with Gasteiger partial charge in [0.15, 0.2) is 0 Å². The van der Waals surface area contributed by atoms with Crippen molar-refractivity contribution in [3.63, 3.8) is 0 Å². The Balaban J connectivity index is 2.66. The van der Waals surface area contributed by atoms with Gasteiger partial charge >= 0.3 is 0 Å². The minimum atomic E-state index is 0.214. The van der Waals surface area contributed by atoms with Crippen LogP contribution in [-0.4, -0.2) is 11.9 Å². The van der Waals surface area contributed by atoms with Crippen LogP contribution in [0.3, 0.4) is 0 Å². The van der Waals surface area contributed by atoms with Crippen LogP contribution in [0.5, 0.6) is 5.75 Å². The molecule has 1 rings (SSSR count). The molecule has 0 bridgehead atoms. The summed E-state index contributed by atoms with van der Waals surface area (Å²) in [6.45, 7) is 7.30. The average molecular weight is 385 g/mol. The third-order valence-electron chi connectivity index (χ3n) is 2.74. The van der Waals surface area contributed by atoms with Gasteiger partial charge in [-0.05, 0) is 23.6 Å². The van der Waals surface area contributed by atoms with Gasteiger partial charge in [-0.3, -0.25) is 0 Å². The second-order valence-corrected chi connectivity index (χ2v) is 7.07. The maximum absolute atomic E-state index is 6.10. The third-order valence-corrected chi connectivity index (χ3v) is 4.32. The zero-order valence-corrected chi connectivity index (χ0v) is 14.2. The summed E-state index contributed by atoms with van der Waals surface area (Å²) in [7, 11) is 0. The Hall–Kier alpha value is 0.270. The van der Waals surface area contributed by atoms with Crippen molar-refractivity contribution >= 4 is 43.5 Å². The van der Waals surface area contributed by atoms with Crippen LogP contribution in [0.25, 0.3) is 0 Å². The molecule has 0 aliphatic heterocycles. The summed E-state index contributed by atoms with van der Waals surface area (Å²) < 4.78 is 6.75. The zero-order valence-electron chi connectivity index (χ0n) is 10.3. The number of hydrogen-bond donors (Lipinski definition) is 0. The molecule has 0 radical (unpaired) electrons. The largest absolute Gasteiger partial charge is 0.492 e. The monoisotopic (exact) mass is 382 g/mol. The number of rotatable bonds is 4. The van der Waals surface area contributed by atoms with Gasteiger partial charge in [-0.15, -0.1) is 0 Å². The number of alkyl halides is 1. The van der Waals surface area contributed by atoms with E-state index in [0.717, 1.165) is 15.6 Å². The molecule has 1 nitrogen and oxygen atoms in total. The third kappa shape index (κ3) is 4.80. The van der Waals surface area contributed by atoms with Gasteiger partial charge in [-0.2, -0.15) is 0 Å². The van der Waals surface area contributed by atoms with Crippen LogP contribution < -0.4 is 4.74 Å². The van der Waals surface area contributed by atoms with E-state index in [2.05, 4.69) is 52.6 Å². The molecule has 0 saturated heterocycles. The lowest BCUT2D eigenvalue weighted by Gasteiger charge is -2.29. The van der Waals surface area contributed by atoms with Gasteiger partial charge in [0.25, 0.3) is 0 Å². The number of ether oxygens (including phenoxy) is 1. The fraction of sp³-hybridized carbons (Fsp3) is 0.538. The van der Waals surface area contributed by atoms with Crippen LogP contribution in [0.15, 0.2) is 22.7 Å². The van der Waals surface area contributed by atoms with E-state index in [0.29, 0.717) is 17.5 Å². The molecule has 0 aromatic heterocycles. The summed E-state index contributed by atoms with van der Waals surface area (Å²) in [6.07, 6.45) is 0. The molecule has 1 unspecified atom stereocenters. The van der Waals surface area contributed by atoms with Gasteiger partial charge in [-0.25, -0.2) is 0 Å². The fourth-order valence-corrected chi connectivity index (χ4v) is 3.19. The lowest BCUT2D eigenvalue weighted by atomic mass is 9.83. The average Bonchev–Trinajstić information content (AvgIpc) is 2.19.